The molecule has 17 heavy (non-hydrogen) atoms. The van der Waals surface area contributed by atoms with Crippen LogP contribution in [0.2, 0.25) is 0 Å². The molecule has 0 spiro atoms. The van der Waals surface area contributed by atoms with E-state index in [0.29, 0.717) is 0 Å². The van der Waals surface area contributed by atoms with Gasteiger partial charge in [-0.25, -0.2) is 4.98 Å². The summed E-state index contributed by atoms with van der Waals surface area (Å²) in [5, 5.41) is 0. The smallest absolute Gasteiger partial charge is 0.0931 e. The third kappa shape index (κ3) is 2.50. The summed E-state index contributed by atoms with van der Waals surface area (Å²) in [6, 6.07) is 6.52. The molecule has 0 amide bonds. The van der Waals surface area contributed by atoms with Gasteiger partial charge in [0.05, 0.1) is 17.4 Å². The standard InChI is InChI=1S/C14H18N2O/c1(11-5-7-17-8-6-11)2-12-3-4-13-14(9-12)16-10-15-13/h3-4,9-11H,1-2,5-8H2,(H,15,16). The van der Waals surface area contributed by atoms with Crippen molar-refractivity contribution in [1.82, 2.24) is 9.97 Å². The predicted molar refractivity (Wildman–Crippen MR) is 68.0 cm³/mol. The average Bonchev–Trinajstić information content (AvgIpc) is 2.85. The second-order valence-corrected chi connectivity index (χ2v) is 4.85. The molecule has 3 nitrogen and oxygen atoms in total. The molecular formula is C14H18N2O. The van der Waals surface area contributed by atoms with Gasteiger partial charge < -0.3 is 9.72 Å². The van der Waals surface area contributed by atoms with E-state index in [1.54, 1.807) is 6.33 Å². The third-order valence-electron chi connectivity index (χ3n) is 3.67. The Morgan fingerprint density at radius 1 is 1.29 bits per heavy atom. The van der Waals surface area contributed by atoms with Crippen molar-refractivity contribution in [3.63, 3.8) is 0 Å². The van der Waals surface area contributed by atoms with Crippen LogP contribution in [-0.4, -0.2) is 23.2 Å². The number of benzene rings is 1. The van der Waals surface area contributed by atoms with Crippen LogP contribution in [0.1, 0.15) is 24.8 Å². The van der Waals surface area contributed by atoms with Crippen LogP contribution in [0, 0.1) is 5.92 Å². The molecule has 1 aromatic carbocycles. The Bertz CT molecular complexity index is 486. The summed E-state index contributed by atoms with van der Waals surface area (Å²) in [4.78, 5) is 7.40. The van der Waals surface area contributed by atoms with Crippen molar-refractivity contribution in [1.29, 1.82) is 0 Å². The number of imidazole rings is 1. The molecule has 0 radical (unpaired) electrons. The highest BCUT2D eigenvalue weighted by Crippen LogP contribution is 2.21. The molecule has 0 saturated carbocycles. The molecule has 0 bridgehead atoms. The molecule has 1 saturated heterocycles. The van der Waals surface area contributed by atoms with Crippen LogP contribution in [0.25, 0.3) is 11.0 Å². The number of H-pyrrole nitrogens is 1. The van der Waals surface area contributed by atoms with Gasteiger partial charge in [0.1, 0.15) is 0 Å². The van der Waals surface area contributed by atoms with Crippen molar-refractivity contribution >= 4 is 11.0 Å². The van der Waals surface area contributed by atoms with Crippen LogP contribution in [0.3, 0.4) is 0 Å². The van der Waals surface area contributed by atoms with E-state index in [-0.39, 0.29) is 0 Å². The van der Waals surface area contributed by atoms with Crippen LogP contribution >= 0.6 is 0 Å². The van der Waals surface area contributed by atoms with Crippen molar-refractivity contribution in [2.45, 2.75) is 25.7 Å². The summed E-state index contributed by atoms with van der Waals surface area (Å²) in [6.07, 6.45) is 6.66. The van der Waals surface area contributed by atoms with Crippen molar-refractivity contribution in [2.24, 2.45) is 5.92 Å². The first kappa shape index (κ1) is 10.8. The normalized spacial score (nSPS) is 17.6. The zero-order valence-electron chi connectivity index (χ0n) is 9.98. The molecule has 2 heterocycles. The second-order valence-electron chi connectivity index (χ2n) is 4.85. The van der Waals surface area contributed by atoms with Crippen LogP contribution in [0.15, 0.2) is 24.5 Å². The monoisotopic (exact) mass is 230 g/mol. The minimum atomic E-state index is 0.848. The maximum Gasteiger partial charge on any atom is 0.0931 e. The first-order valence-corrected chi connectivity index (χ1v) is 6.41. The largest absolute Gasteiger partial charge is 0.381 e. The number of nitrogens with zero attached hydrogens (tertiary/aromatic N) is 1. The fourth-order valence-electron chi connectivity index (χ4n) is 2.54. The van der Waals surface area contributed by atoms with Gasteiger partial charge >= 0.3 is 0 Å². The van der Waals surface area contributed by atoms with Gasteiger partial charge in [-0.15, -0.1) is 0 Å². The molecule has 2 aromatic rings. The van der Waals surface area contributed by atoms with Gasteiger partial charge in [-0.2, -0.15) is 0 Å². The Morgan fingerprint density at radius 3 is 3.06 bits per heavy atom. The van der Waals surface area contributed by atoms with E-state index in [9.17, 15) is 0 Å². The Morgan fingerprint density at radius 2 is 2.18 bits per heavy atom. The van der Waals surface area contributed by atoms with Crippen LogP contribution < -0.4 is 0 Å². The highest BCUT2D eigenvalue weighted by Gasteiger charge is 2.13. The molecule has 0 unspecified atom stereocenters. The van der Waals surface area contributed by atoms with Gasteiger partial charge in [0, 0.05) is 13.2 Å². The topological polar surface area (TPSA) is 37.9 Å². The van der Waals surface area contributed by atoms with Crippen molar-refractivity contribution < 1.29 is 4.74 Å². The number of ether oxygens (including phenoxy) is 1. The van der Waals surface area contributed by atoms with E-state index in [0.717, 1.165) is 30.2 Å². The number of fused-ring (bicyclic) bond motifs is 1. The molecular weight excluding hydrogens is 212 g/mol. The molecule has 3 rings (SSSR count). The fourth-order valence-corrected chi connectivity index (χ4v) is 2.54. The lowest BCUT2D eigenvalue weighted by Gasteiger charge is -2.21. The number of rotatable bonds is 3. The number of hydrogen-bond acceptors (Lipinski definition) is 2. The summed E-state index contributed by atoms with van der Waals surface area (Å²) >= 11 is 0. The minimum Gasteiger partial charge on any atom is -0.381 e. The van der Waals surface area contributed by atoms with Crippen LogP contribution in [0.5, 0.6) is 0 Å². The fraction of sp³-hybridized carbons (Fsp3) is 0.500. The molecule has 3 heteroatoms. The van der Waals surface area contributed by atoms with E-state index >= 15 is 0 Å². The maximum absolute atomic E-state index is 5.39. The number of aromatic amines is 1. The van der Waals surface area contributed by atoms with Crippen LogP contribution in [-0.2, 0) is 11.2 Å². The molecule has 1 aliphatic rings. The van der Waals surface area contributed by atoms with Gasteiger partial charge in [-0.3, -0.25) is 0 Å². The van der Waals surface area contributed by atoms with Crippen LogP contribution in [0.4, 0.5) is 0 Å². The van der Waals surface area contributed by atoms with Gasteiger partial charge in [0.2, 0.25) is 0 Å². The lowest BCUT2D eigenvalue weighted by Crippen LogP contribution is -2.16. The molecule has 0 aliphatic carbocycles. The van der Waals surface area contributed by atoms with E-state index in [1.165, 1.54) is 31.2 Å². The van der Waals surface area contributed by atoms with Gasteiger partial charge in [0.25, 0.3) is 0 Å². The molecule has 1 fully saturated rings. The summed E-state index contributed by atoms with van der Waals surface area (Å²) in [5.74, 6) is 0.848. The zero-order chi connectivity index (χ0) is 11.5. The van der Waals surface area contributed by atoms with Crippen molar-refractivity contribution in [3.8, 4) is 0 Å². The Hall–Kier alpha value is -1.35. The van der Waals surface area contributed by atoms with Gasteiger partial charge in [-0.05, 0) is 49.3 Å². The molecule has 1 N–H and O–H groups in total. The first-order valence-electron chi connectivity index (χ1n) is 6.41. The van der Waals surface area contributed by atoms with E-state index in [4.69, 9.17) is 4.74 Å². The van der Waals surface area contributed by atoms with E-state index in [1.807, 2.05) is 0 Å². The molecule has 1 aromatic heterocycles. The Balaban J connectivity index is 1.63. The minimum absolute atomic E-state index is 0.848. The molecule has 90 valence electrons. The Kier molecular flexibility index (Phi) is 3.10. The molecule has 0 atom stereocenters. The number of aromatic nitrogens is 2. The SMILES string of the molecule is c1nc2ccc(CCC3CCOCC3)cc2[nH]1. The maximum atomic E-state index is 5.39. The summed E-state index contributed by atoms with van der Waals surface area (Å²) in [5.41, 5.74) is 3.61. The van der Waals surface area contributed by atoms with E-state index < -0.39 is 0 Å². The first-order chi connectivity index (χ1) is 8.42. The quantitative estimate of drug-likeness (QED) is 0.880. The highest BCUT2D eigenvalue weighted by molar-refractivity contribution is 5.74. The predicted octanol–water partition coefficient (Wildman–Crippen LogP) is 2.92. The van der Waals surface area contributed by atoms with E-state index in [2.05, 4.69) is 28.2 Å². The third-order valence-corrected chi connectivity index (χ3v) is 3.67. The average molecular weight is 230 g/mol. The van der Waals surface area contributed by atoms with Gasteiger partial charge in [-0.1, -0.05) is 6.07 Å². The molecule has 1 aliphatic heterocycles. The second kappa shape index (κ2) is 4.88. The van der Waals surface area contributed by atoms with Crippen molar-refractivity contribution in [3.05, 3.63) is 30.1 Å². The zero-order valence-corrected chi connectivity index (χ0v) is 9.98. The summed E-state index contributed by atoms with van der Waals surface area (Å²) in [6.45, 7) is 1.90. The summed E-state index contributed by atoms with van der Waals surface area (Å²) in [7, 11) is 0. The number of aryl methyl sites for hydroxylation is 1. The lowest BCUT2D eigenvalue weighted by atomic mass is 9.93. The highest BCUT2D eigenvalue weighted by atomic mass is 16.5. The lowest BCUT2D eigenvalue weighted by molar-refractivity contribution is 0.0640. The van der Waals surface area contributed by atoms with Crippen molar-refractivity contribution in [2.75, 3.05) is 13.2 Å². The Labute approximate surface area is 101 Å². The van der Waals surface area contributed by atoms with Gasteiger partial charge in [0.15, 0.2) is 0 Å². The summed E-state index contributed by atoms with van der Waals surface area (Å²) < 4.78 is 5.39. The number of hydrogen-bond donors (Lipinski definition) is 1. The number of nitrogens with one attached hydrogen (secondary N) is 1.